The molecule has 0 radical (unpaired) electrons. The standard InChI is InChI=1S/C21H22N2O2S/c1-15-5-4-12-23(13-15)20(24)14-25-17-10-8-16(9-11-17)21-22-18-6-2-3-7-19(18)26-21/h2-3,6-11,15H,4-5,12-14H2,1H3/t15-/m1/s1. The lowest BCUT2D eigenvalue weighted by atomic mass is 10.0. The number of carbonyl (C=O) groups is 1. The summed E-state index contributed by atoms with van der Waals surface area (Å²) >= 11 is 1.68. The maximum absolute atomic E-state index is 12.3. The van der Waals surface area contributed by atoms with Gasteiger partial charge in [0.2, 0.25) is 0 Å². The molecule has 2 aromatic carbocycles. The number of para-hydroxylation sites is 1. The molecular weight excluding hydrogens is 344 g/mol. The molecule has 2 heterocycles. The fourth-order valence-corrected chi connectivity index (χ4v) is 4.31. The zero-order valence-electron chi connectivity index (χ0n) is 14.9. The number of fused-ring (bicyclic) bond motifs is 1. The van der Waals surface area contributed by atoms with Crippen LogP contribution in [0.5, 0.6) is 5.75 Å². The van der Waals surface area contributed by atoms with Crippen molar-refractivity contribution in [2.75, 3.05) is 19.7 Å². The van der Waals surface area contributed by atoms with Gasteiger partial charge in [0, 0.05) is 18.7 Å². The average Bonchev–Trinajstić information content (AvgIpc) is 3.11. The van der Waals surface area contributed by atoms with Gasteiger partial charge in [0.05, 0.1) is 10.2 Å². The van der Waals surface area contributed by atoms with Gasteiger partial charge in [-0.2, -0.15) is 0 Å². The van der Waals surface area contributed by atoms with Gasteiger partial charge in [0.25, 0.3) is 5.91 Å². The fraction of sp³-hybridized carbons (Fsp3) is 0.333. The van der Waals surface area contributed by atoms with Gasteiger partial charge in [-0.05, 0) is 55.2 Å². The second kappa shape index (κ2) is 7.46. The smallest absolute Gasteiger partial charge is 0.260 e. The summed E-state index contributed by atoms with van der Waals surface area (Å²) in [6.45, 7) is 4.00. The Morgan fingerprint density at radius 1 is 1.23 bits per heavy atom. The molecule has 0 unspecified atom stereocenters. The quantitative estimate of drug-likeness (QED) is 0.678. The molecule has 0 saturated carbocycles. The van der Waals surface area contributed by atoms with Crippen LogP contribution < -0.4 is 4.74 Å². The Balaban J connectivity index is 1.39. The largest absolute Gasteiger partial charge is 0.484 e. The minimum absolute atomic E-state index is 0.0757. The summed E-state index contributed by atoms with van der Waals surface area (Å²) < 4.78 is 6.88. The summed E-state index contributed by atoms with van der Waals surface area (Å²) in [5.74, 6) is 1.38. The van der Waals surface area contributed by atoms with Crippen molar-refractivity contribution in [1.29, 1.82) is 0 Å². The van der Waals surface area contributed by atoms with E-state index in [4.69, 9.17) is 4.74 Å². The molecular formula is C21H22N2O2S. The van der Waals surface area contributed by atoms with Crippen LogP contribution in [0.1, 0.15) is 19.8 Å². The van der Waals surface area contributed by atoms with Crippen molar-refractivity contribution in [2.45, 2.75) is 19.8 Å². The molecule has 4 nitrogen and oxygen atoms in total. The molecule has 1 amide bonds. The third-order valence-electron chi connectivity index (χ3n) is 4.77. The van der Waals surface area contributed by atoms with E-state index in [0.717, 1.165) is 35.6 Å². The highest BCUT2D eigenvalue weighted by molar-refractivity contribution is 7.21. The number of piperidine rings is 1. The lowest BCUT2D eigenvalue weighted by Crippen LogP contribution is -2.41. The summed E-state index contributed by atoms with van der Waals surface area (Å²) in [5.41, 5.74) is 2.09. The number of carbonyl (C=O) groups excluding carboxylic acids is 1. The minimum atomic E-state index is 0.0757. The Morgan fingerprint density at radius 2 is 2.04 bits per heavy atom. The first-order valence-corrected chi connectivity index (χ1v) is 9.87. The molecule has 0 spiro atoms. The summed E-state index contributed by atoms with van der Waals surface area (Å²) in [5, 5.41) is 0.996. The molecule has 1 aliphatic rings. The highest BCUT2D eigenvalue weighted by Crippen LogP contribution is 2.30. The van der Waals surface area contributed by atoms with Crippen molar-refractivity contribution < 1.29 is 9.53 Å². The summed E-state index contributed by atoms with van der Waals surface area (Å²) in [6, 6.07) is 16.0. The lowest BCUT2D eigenvalue weighted by molar-refractivity contribution is -0.135. The Labute approximate surface area is 157 Å². The van der Waals surface area contributed by atoms with Gasteiger partial charge in [0.1, 0.15) is 10.8 Å². The van der Waals surface area contributed by atoms with E-state index < -0.39 is 0 Å². The molecule has 26 heavy (non-hydrogen) atoms. The van der Waals surface area contributed by atoms with Gasteiger partial charge < -0.3 is 9.64 Å². The first kappa shape index (κ1) is 17.0. The van der Waals surface area contributed by atoms with Crippen LogP contribution in [-0.2, 0) is 4.79 Å². The predicted molar refractivity (Wildman–Crippen MR) is 106 cm³/mol. The van der Waals surface area contributed by atoms with Gasteiger partial charge in [-0.15, -0.1) is 11.3 Å². The molecule has 1 aliphatic heterocycles. The van der Waals surface area contributed by atoms with Crippen LogP contribution in [0.4, 0.5) is 0 Å². The molecule has 1 saturated heterocycles. The van der Waals surface area contributed by atoms with Crippen molar-refractivity contribution >= 4 is 27.5 Å². The summed E-state index contributed by atoms with van der Waals surface area (Å²) in [7, 11) is 0. The van der Waals surface area contributed by atoms with Gasteiger partial charge in [-0.25, -0.2) is 4.98 Å². The molecule has 0 aliphatic carbocycles. The number of nitrogens with zero attached hydrogens (tertiary/aromatic N) is 2. The molecule has 0 bridgehead atoms. The van der Waals surface area contributed by atoms with Gasteiger partial charge >= 0.3 is 0 Å². The van der Waals surface area contributed by atoms with Crippen LogP contribution in [0.3, 0.4) is 0 Å². The van der Waals surface area contributed by atoms with Crippen molar-refractivity contribution in [2.24, 2.45) is 5.92 Å². The van der Waals surface area contributed by atoms with Crippen LogP contribution in [-0.4, -0.2) is 35.5 Å². The van der Waals surface area contributed by atoms with Crippen molar-refractivity contribution in [3.8, 4) is 16.3 Å². The predicted octanol–water partition coefficient (Wildman–Crippen LogP) is 4.60. The Hall–Kier alpha value is -2.40. The van der Waals surface area contributed by atoms with Crippen LogP contribution in [0.25, 0.3) is 20.8 Å². The van der Waals surface area contributed by atoms with E-state index in [9.17, 15) is 4.79 Å². The molecule has 1 atom stereocenters. The molecule has 1 aromatic heterocycles. The van der Waals surface area contributed by atoms with Gasteiger partial charge in [0.15, 0.2) is 6.61 Å². The van der Waals surface area contributed by atoms with Crippen LogP contribution in [0.2, 0.25) is 0 Å². The van der Waals surface area contributed by atoms with Crippen LogP contribution in [0.15, 0.2) is 48.5 Å². The maximum Gasteiger partial charge on any atom is 0.260 e. The summed E-state index contributed by atoms with van der Waals surface area (Å²) in [6.07, 6.45) is 2.29. The number of likely N-dealkylation sites (tertiary alicyclic amines) is 1. The van der Waals surface area contributed by atoms with Crippen molar-refractivity contribution in [3.05, 3.63) is 48.5 Å². The van der Waals surface area contributed by atoms with E-state index >= 15 is 0 Å². The number of aromatic nitrogens is 1. The van der Waals surface area contributed by atoms with Crippen molar-refractivity contribution in [3.63, 3.8) is 0 Å². The Bertz CT molecular complexity index is 871. The first-order chi connectivity index (χ1) is 12.7. The van der Waals surface area contributed by atoms with Crippen molar-refractivity contribution in [1.82, 2.24) is 9.88 Å². The molecule has 4 rings (SSSR count). The first-order valence-electron chi connectivity index (χ1n) is 9.05. The zero-order chi connectivity index (χ0) is 17.9. The van der Waals surface area contributed by atoms with Crippen LogP contribution >= 0.6 is 11.3 Å². The number of rotatable bonds is 4. The molecule has 3 aromatic rings. The van der Waals surface area contributed by atoms with E-state index in [-0.39, 0.29) is 12.5 Å². The number of ether oxygens (including phenoxy) is 1. The third-order valence-corrected chi connectivity index (χ3v) is 5.85. The average molecular weight is 366 g/mol. The van der Waals surface area contributed by atoms with Gasteiger partial charge in [-0.1, -0.05) is 19.1 Å². The lowest BCUT2D eigenvalue weighted by Gasteiger charge is -2.30. The highest BCUT2D eigenvalue weighted by atomic mass is 32.1. The van der Waals surface area contributed by atoms with Gasteiger partial charge in [-0.3, -0.25) is 4.79 Å². The van der Waals surface area contributed by atoms with E-state index in [1.807, 2.05) is 47.4 Å². The fourth-order valence-electron chi connectivity index (χ4n) is 3.34. The number of thiazole rings is 1. The Kier molecular flexibility index (Phi) is 4.89. The number of hydrogen-bond acceptors (Lipinski definition) is 4. The van der Waals surface area contributed by atoms with E-state index in [1.165, 1.54) is 11.1 Å². The molecule has 134 valence electrons. The van der Waals surface area contributed by atoms with E-state index in [1.54, 1.807) is 11.3 Å². The minimum Gasteiger partial charge on any atom is -0.484 e. The normalized spacial score (nSPS) is 17.4. The molecule has 0 N–H and O–H groups in total. The van der Waals surface area contributed by atoms with E-state index in [2.05, 4.69) is 18.0 Å². The number of hydrogen-bond donors (Lipinski definition) is 0. The monoisotopic (exact) mass is 366 g/mol. The second-order valence-corrected chi connectivity index (χ2v) is 7.92. The number of benzene rings is 2. The second-order valence-electron chi connectivity index (χ2n) is 6.89. The van der Waals surface area contributed by atoms with Crippen LogP contribution in [0, 0.1) is 5.92 Å². The maximum atomic E-state index is 12.3. The summed E-state index contributed by atoms with van der Waals surface area (Å²) in [4.78, 5) is 18.9. The Morgan fingerprint density at radius 3 is 2.81 bits per heavy atom. The number of amides is 1. The zero-order valence-corrected chi connectivity index (χ0v) is 15.7. The molecule has 1 fully saturated rings. The molecule has 5 heteroatoms. The highest BCUT2D eigenvalue weighted by Gasteiger charge is 2.21. The third kappa shape index (κ3) is 3.73. The topological polar surface area (TPSA) is 42.4 Å². The van der Waals surface area contributed by atoms with E-state index in [0.29, 0.717) is 11.7 Å². The SMILES string of the molecule is C[C@@H]1CCCN(C(=O)COc2ccc(-c3nc4ccccc4s3)cc2)C1.